The van der Waals surface area contributed by atoms with Crippen molar-refractivity contribution in [3.8, 4) is 38.4 Å². The SMILES string of the molecule is Brc1cnc(Br)s1.C.COc1cc(B(O)O)ccc1C.Cc1ccc(-c2ncc(Br)s2)cc1C.Oc1ccc(-c2ncc(Br)s2)cc1O. The Labute approximate surface area is 326 Å². The number of hydrogen-bond donors (Lipinski definition) is 4. The van der Waals surface area contributed by atoms with E-state index in [1.165, 1.54) is 40.2 Å². The Kier molecular flexibility index (Phi) is 18.0. The molecule has 0 spiro atoms. The highest BCUT2D eigenvalue weighted by Gasteiger charge is 2.12. The van der Waals surface area contributed by atoms with E-state index in [1.807, 2.05) is 13.1 Å². The minimum Gasteiger partial charge on any atom is -0.504 e. The molecular weight excluding hydrogens is 933 g/mol. The van der Waals surface area contributed by atoms with Crippen molar-refractivity contribution in [3.05, 3.63) is 105 Å². The number of benzene rings is 3. The second-order valence-corrected chi connectivity index (χ2v) is 18.0. The number of aromatic nitrogens is 3. The number of nitrogens with zero attached hydrogens (tertiary/aromatic N) is 3. The van der Waals surface area contributed by atoms with Crippen LogP contribution in [0.5, 0.6) is 17.2 Å². The summed E-state index contributed by atoms with van der Waals surface area (Å²) in [5.74, 6) is 0.416. The van der Waals surface area contributed by atoms with Crippen LogP contribution in [0.3, 0.4) is 0 Å². The summed E-state index contributed by atoms with van der Waals surface area (Å²) < 4.78 is 8.99. The molecule has 0 aliphatic carbocycles. The van der Waals surface area contributed by atoms with Crippen molar-refractivity contribution < 1.29 is 25.0 Å². The van der Waals surface area contributed by atoms with Gasteiger partial charge in [0.1, 0.15) is 15.8 Å². The van der Waals surface area contributed by atoms with Crippen molar-refractivity contribution in [1.29, 1.82) is 0 Å². The van der Waals surface area contributed by atoms with Crippen LogP contribution < -0.4 is 10.2 Å². The van der Waals surface area contributed by atoms with Gasteiger partial charge in [0.25, 0.3) is 0 Å². The average molecular weight is 965 g/mol. The maximum atomic E-state index is 9.28. The molecule has 0 saturated carbocycles. The predicted octanol–water partition coefficient (Wildman–Crippen LogP) is 10.2. The van der Waals surface area contributed by atoms with Gasteiger partial charge in [0.2, 0.25) is 0 Å². The van der Waals surface area contributed by atoms with Crippen molar-refractivity contribution in [2.24, 2.45) is 0 Å². The summed E-state index contributed by atoms with van der Waals surface area (Å²) in [6.45, 7) is 6.14. The first-order chi connectivity index (χ1) is 22.3. The van der Waals surface area contributed by atoms with E-state index in [4.69, 9.17) is 19.9 Å². The maximum Gasteiger partial charge on any atom is 0.488 e. The first-order valence-corrected chi connectivity index (χ1v) is 19.0. The van der Waals surface area contributed by atoms with Crippen LogP contribution in [-0.2, 0) is 0 Å². The summed E-state index contributed by atoms with van der Waals surface area (Å²) in [5.41, 5.74) is 6.04. The van der Waals surface area contributed by atoms with Crippen molar-refractivity contribution >= 4 is 110 Å². The molecule has 0 saturated heterocycles. The van der Waals surface area contributed by atoms with Crippen LogP contribution in [-0.4, -0.2) is 49.4 Å². The van der Waals surface area contributed by atoms with Gasteiger partial charge < -0.3 is 25.0 Å². The fourth-order valence-electron chi connectivity index (χ4n) is 3.54. The summed E-state index contributed by atoms with van der Waals surface area (Å²) in [6, 6.07) is 16.1. The molecule has 6 aromatic rings. The monoisotopic (exact) mass is 961 g/mol. The lowest BCUT2D eigenvalue weighted by Crippen LogP contribution is -2.29. The summed E-state index contributed by atoms with van der Waals surface area (Å²) in [5, 5.41) is 37.9. The van der Waals surface area contributed by atoms with Crippen LogP contribution in [0.15, 0.2) is 88.5 Å². The van der Waals surface area contributed by atoms with Crippen LogP contribution >= 0.6 is 97.7 Å². The third-order valence-corrected chi connectivity index (χ3v) is 11.1. The van der Waals surface area contributed by atoms with E-state index < -0.39 is 7.12 Å². The van der Waals surface area contributed by atoms with Crippen LogP contribution in [0.2, 0.25) is 0 Å². The van der Waals surface area contributed by atoms with Crippen molar-refractivity contribution in [3.63, 3.8) is 0 Å². The highest BCUT2D eigenvalue weighted by Crippen LogP contribution is 2.34. The van der Waals surface area contributed by atoms with Crippen LogP contribution in [0.25, 0.3) is 21.1 Å². The number of phenols is 2. The van der Waals surface area contributed by atoms with Gasteiger partial charge >= 0.3 is 7.12 Å². The van der Waals surface area contributed by atoms with Crippen LogP contribution in [0.4, 0.5) is 0 Å². The highest BCUT2D eigenvalue weighted by molar-refractivity contribution is 9.12. The molecule has 48 heavy (non-hydrogen) atoms. The van der Waals surface area contributed by atoms with Gasteiger partial charge in [-0.05, 0) is 137 Å². The van der Waals surface area contributed by atoms with Gasteiger partial charge in [0, 0.05) is 11.1 Å². The van der Waals surface area contributed by atoms with Gasteiger partial charge in [-0.25, -0.2) is 15.0 Å². The molecule has 4 N–H and O–H groups in total. The first-order valence-electron chi connectivity index (χ1n) is 13.4. The summed E-state index contributed by atoms with van der Waals surface area (Å²) in [4.78, 5) is 12.4. The molecule has 254 valence electrons. The molecule has 0 amide bonds. The highest BCUT2D eigenvalue weighted by atomic mass is 79.9. The van der Waals surface area contributed by atoms with E-state index in [9.17, 15) is 5.11 Å². The second kappa shape index (κ2) is 20.5. The van der Waals surface area contributed by atoms with Gasteiger partial charge in [-0.15, -0.1) is 34.0 Å². The number of aromatic hydroxyl groups is 2. The quantitative estimate of drug-likeness (QED) is 0.102. The summed E-state index contributed by atoms with van der Waals surface area (Å²) in [7, 11) is 0.120. The molecule has 0 fully saturated rings. The lowest BCUT2D eigenvalue weighted by atomic mass is 9.80. The molecule has 8 nitrogen and oxygen atoms in total. The van der Waals surface area contributed by atoms with Crippen LogP contribution in [0.1, 0.15) is 24.1 Å². The number of thiazole rings is 3. The molecule has 0 radical (unpaired) electrons. The third-order valence-electron chi connectivity index (χ3n) is 6.11. The van der Waals surface area contributed by atoms with E-state index in [0.29, 0.717) is 11.2 Å². The fourth-order valence-corrected chi connectivity index (χ4v) is 8.16. The molecule has 16 heteroatoms. The Balaban J connectivity index is 0.000000226. The van der Waals surface area contributed by atoms with Crippen molar-refractivity contribution in [2.45, 2.75) is 28.2 Å². The summed E-state index contributed by atoms with van der Waals surface area (Å²) >= 11 is 17.9. The largest absolute Gasteiger partial charge is 0.504 e. The normalized spacial score (nSPS) is 9.88. The maximum absolute atomic E-state index is 9.28. The first kappa shape index (κ1) is 42.0. The Hall–Kier alpha value is -2.15. The van der Waals surface area contributed by atoms with Gasteiger partial charge in [0.15, 0.2) is 15.4 Å². The Morgan fingerprint density at radius 1 is 0.625 bits per heavy atom. The van der Waals surface area contributed by atoms with Crippen LogP contribution in [0, 0.1) is 20.8 Å². The number of rotatable bonds is 4. The van der Waals surface area contributed by atoms with Gasteiger partial charge in [-0.1, -0.05) is 31.7 Å². The minimum atomic E-state index is -1.43. The van der Waals surface area contributed by atoms with Gasteiger partial charge in [0.05, 0.1) is 37.1 Å². The van der Waals surface area contributed by atoms with E-state index in [2.05, 4.69) is 111 Å². The third kappa shape index (κ3) is 13.3. The van der Waals surface area contributed by atoms with Gasteiger partial charge in [-0.3, -0.25) is 0 Å². The van der Waals surface area contributed by atoms with Gasteiger partial charge in [-0.2, -0.15) is 0 Å². The number of ether oxygens (including phenoxy) is 1. The van der Waals surface area contributed by atoms with E-state index in [-0.39, 0.29) is 18.9 Å². The smallest absolute Gasteiger partial charge is 0.488 e. The number of hydrogen-bond acceptors (Lipinski definition) is 11. The molecule has 3 aromatic heterocycles. The fraction of sp³-hybridized carbons (Fsp3) is 0.156. The zero-order valence-electron chi connectivity index (χ0n) is 25.3. The molecule has 0 bridgehead atoms. The number of aryl methyl sites for hydroxylation is 3. The standard InChI is InChI=1S/C11H10BrNS.C9H6BrNO2S.C8H11BO3.C3HBr2NS.CH4/c1-7-3-4-9(5-8(7)2)11-13-6-10(12)14-11;10-8-4-11-9(14-8)5-1-2-6(12)7(13)3-5;1-6-3-4-7(9(10)11)5-8(6)12-2;4-2-1-6-3(5)7-2;/h3-6H,1-2H3;1-4,12-13H;3-5,10-11H,1-2H3;1H;1H4. The predicted molar refractivity (Wildman–Crippen MR) is 215 cm³/mol. The summed E-state index contributed by atoms with van der Waals surface area (Å²) in [6.07, 6.45) is 5.30. The Morgan fingerprint density at radius 2 is 1.15 bits per heavy atom. The van der Waals surface area contributed by atoms with E-state index in [1.54, 1.807) is 66.4 Å². The number of methoxy groups -OCH3 is 1. The number of phenolic OH excluding ortho intramolecular Hbond substituents is 2. The van der Waals surface area contributed by atoms with E-state index >= 15 is 0 Å². The van der Waals surface area contributed by atoms with Crippen molar-refractivity contribution in [2.75, 3.05) is 7.11 Å². The molecule has 3 heterocycles. The molecule has 0 unspecified atom stereocenters. The van der Waals surface area contributed by atoms with Crippen molar-refractivity contribution in [1.82, 2.24) is 15.0 Å². The molecular formula is C32H32BBr4N3O5S3. The zero-order valence-corrected chi connectivity index (χ0v) is 34.1. The Morgan fingerprint density at radius 3 is 1.56 bits per heavy atom. The molecule has 0 aliphatic rings. The molecule has 3 aromatic carbocycles. The molecule has 0 atom stereocenters. The zero-order chi connectivity index (χ0) is 34.7. The molecule has 0 aliphatic heterocycles. The Bertz CT molecular complexity index is 1800. The minimum absolute atomic E-state index is 0. The second-order valence-electron chi connectivity index (χ2n) is 9.46. The lowest BCUT2D eigenvalue weighted by molar-refractivity contribution is 0.404. The number of halogens is 4. The topological polar surface area (TPSA) is 129 Å². The average Bonchev–Trinajstić information content (AvgIpc) is 3.78. The van der Waals surface area contributed by atoms with E-state index in [0.717, 1.165) is 36.4 Å². The lowest BCUT2D eigenvalue weighted by Gasteiger charge is -2.06. The molecule has 6 rings (SSSR count).